The molecule has 2 aromatic carbocycles. The van der Waals surface area contributed by atoms with Crippen LogP contribution >= 0.6 is 11.6 Å². The number of benzene rings is 2. The molecular formula is C17H16ClNO4S. The van der Waals surface area contributed by atoms with Crippen molar-refractivity contribution in [2.45, 2.75) is 36.4 Å². The molecule has 0 radical (unpaired) electrons. The van der Waals surface area contributed by atoms with E-state index >= 15 is 0 Å². The molecule has 1 N–H and O–H groups in total. The Balaban J connectivity index is 1.59. The topological polar surface area (TPSA) is 64.6 Å². The first-order chi connectivity index (χ1) is 11.5. The summed E-state index contributed by atoms with van der Waals surface area (Å²) in [6, 6.07) is 11.2. The maximum atomic E-state index is 12.5. The van der Waals surface area contributed by atoms with E-state index in [4.69, 9.17) is 21.1 Å². The van der Waals surface area contributed by atoms with E-state index in [9.17, 15) is 8.42 Å². The maximum Gasteiger partial charge on any atom is 0.261 e. The number of fused-ring (bicyclic) bond motifs is 1. The number of hydrogen-bond acceptors (Lipinski definition) is 4. The highest BCUT2D eigenvalue weighted by atomic mass is 35.5. The predicted octanol–water partition coefficient (Wildman–Crippen LogP) is 4.18. The lowest BCUT2D eigenvalue weighted by Crippen LogP contribution is -2.34. The van der Waals surface area contributed by atoms with Gasteiger partial charge >= 0.3 is 0 Å². The summed E-state index contributed by atoms with van der Waals surface area (Å²) >= 11 is 5.87. The molecule has 2 aromatic rings. The number of ether oxygens (including phenoxy) is 2. The number of rotatable bonds is 3. The van der Waals surface area contributed by atoms with E-state index < -0.39 is 15.8 Å². The normalized spacial score (nSPS) is 18.0. The molecule has 0 bridgehead atoms. The highest BCUT2D eigenvalue weighted by Crippen LogP contribution is 2.47. The van der Waals surface area contributed by atoms with Gasteiger partial charge in [-0.15, -0.1) is 0 Å². The van der Waals surface area contributed by atoms with Crippen LogP contribution < -0.4 is 14.2 Å². The lowest BCUT2D eigenvalue weighted by Gasteiger charge is -2.21. The third-order valence-electron chi connectivity index (χ3n) is 4.26. The summed E-state index contributed by atoms with van der Waals surface area (Å²) in [5.74, 6) is 0.665. The van der Waals surface area contributed by atoms with Gasteiger partial charge in [-0.3, -0.25) is 4.72 Å². The van der Waals surface area contributed by atoms with Crippen molar-refractivity contribution >= 4 is 27.3 Å². The van der Waals surface area contributed by atoms with Crippen molar-refractivity contribution in [2.24, 2.45) is 0 Å². The Morgan fingerprint density at radius 2 is 1.75 bits per heavy atom. The number of hydrogen-bond donors (Lipinski definition) is 1. The summed E-state index contributed by atoms with van der Waals surface area (Å²) in [6.45, 7) is 0. The van der Waals surface area contributed by atoms with E-state index in [0.717, 1.165) is 25.7 Å². The van der Waals surface area contributed by atoms with E-state index in [0.29, 0.717) is 22.2 Å². The van der Waals surface area contributed by atoms with Crippen LogP contribution in [0.15, 0.2) is 47.4 Å². The van der Waals surface area contributed by atoms with Gasteiger partial charge in [0.1, 0.15) is 0 Å². The van der Waals surface area contributed by atoms with Crippen LogP contribution in [0.4, 0.5) is 5.69 Å². The molecule has 1 heterocycles. The second-order valence-corrected chi connectivity index (χ2v) is 8.17. The van der Waals surface area contributed by atoms with Crippen molar-refractivity contribution in [1.82, 2.24) is 0 Å². The molecule has 24 heavy (non-hydrogen) atoms. The molecule has 0 atom stereocenters. The molecule has 7 heteroatoms. The van der Waals surface area contributed by atoms with Gasteiger partial charge in [-0.2, -0.15) is 0 Å². The molecule has 4 rings (SSSR count). The van der Waals surface area contributed by atoms with Crippen molar-refractivity contribution in [3.8, 4) is 11.5 Å². The molecule has 1 saturated carbocycles. The zero-order valence-corrected chi connectivity index (χ0v) is 14.4. The minimum atomic E-state index is -3.71. The van der Waals surface area contributed by atoms with Gasteiger partial charge in [0.2, 0.25) is 0 Å². The molecule has 0 saturated heterocycles. The quantitative estimate of drug-likeness (QED) is 0.886. The first-order valence-electron chi connectivity index (χ1n) is 7.76. The highest BCUT2D eigenvalue weighted by molar-refractivity contribution is 7.92. The van der Waals surface area contributed by atoms with Crippen molar-refractivity contribution in [3.05, 3.63) is 47.5 Å². The van der Waals surface area contributed by atoms with Gasteiger partial charge in [0.15, 0.2) is 11.5 Å². The summed E-state index contributed by atoms with van der Waals surface area (Å²) in [5, 5.41) is 0.367. The van der Waals surface area contributed by atoms with Gasteiger partial charge in [-0.25, -0.2) is 8.42 Å². The monoisotopic (exact) mass is 365 g/mol. The van der Waals surface area contributed by atoms with Crippen LogP contribution in [0.2, 0.25) is 5.02 Å². The Morgan fingerprint density at radius 1 is 1.00 bits per heavy atom. The second kappa shape index (κ2) is 5.57. The number of sulfonamides is 1. The van der Waals surface area contributed by atoms with E-state index in [-0.39, 0.29) is 4.90 Å². The molecule has 0 unspecified atom stereocenters. The van der Waals surface area contributed by atoms with Crippen molar-refractivity contribution < 1.29 is 17.9 Å². The second-order valence-electron chi connectivity index (χ2n) is 6.05. The van der Waals surface area contributed by atoms with Gasteiger partial charge in [-0.05, 0) is 43.2 Å². The minimum absolute atomic E-state index is 0.111. The Bertz CT molecular complexity index is 891. The van der Waals surface area contributed by atoms with Crippen LogP contribution in [-0.2, 0) is 10.0 Å². The third kappa shape index (κ3) is 2.80. The Morgan fingerprint density at radius 3 is 2.50 bits per heavy atom. The molecular weight excluding hydrogens is 350 g/mol. The van der Waals surface area contributed by atoms with Crippen LogP contribution in [0.5, 0.6) is 11.5 Å². The van der Waals surface area contributed by atoms with Gasteiger partial charge in [0.05, 0.1) is 10.6 Å². The average Bonchev–Trinajstić information content (AvgIpc) is 3.13. The van der Waals surface area contributed by atoms with E-state index in [1.165, 1.54) is 12.1 Å². The number of halogens is 1. The fraction of sp³-hybridized carbons (Fsp3) is 0.294. The first-order valence-corrected chi connectivity index (χ1v) is 9.62. The summed E-state index contributed by atoms with van der Waals surface area (Å²) in [7, 11) is -3.71. The Kier molecular flexibility index (Phi) is 3.62. The predicted molar refractivity (Wildman–Crippen MR) is 91.2 cm³/mol. The Labute approximate surface area is 145 Å². The summed E-state index contributed by atoms with van der Waals surface area (Å²) < 4.78 is 39.4. The third-order valence-corrected chi connectivity index (χ3v) is 5.87. The summed E-state index contributed by atoms with van der Waals surface area (Å²) in [6.07, 6.45) is 3.85. The lowest BCUT2D eigenvalue weighted by molar-refractivity contribution is -0.0716. The fourth-order valence-electron chi connectivity index (χ4n) is 3.12. The van der Waals surface area contributed by atoms with Crippen LogP contribution in [-0.4, -0.2) is 14.2 Å². The number of nitrogens with one attached hydrogen (secondary N) is 1. The lowest BCUT2D eigenvalue weighted by atomic mass is 10.2. The summed E-state index contributed by atoms with van der Waals surface area (Å²) in [4.78, 5) is 0.111. The number of anilines is 1. The molecule has 2 aliphatic rings. The smallest absolute Gasteiger partial charge is 0.261 e. The van der Waals surface area contributed by atoms with Crippen molar-refractivity contribution in [1.29, 1.82) is 0 Å². The SMILES string of the molecule is O=S(=O)(Nc1ccc2c(c1)OC1(CCCC1)O2)c1cccc(Cl)c1. The van der Waals surface area contributed by atoms with Gasteiger partial charge < -0.3 is 9.47 Å². The van der Waals surface area contributed by atoms with Crippen LogP contribution in [0.25, 0.3) is 0 Å². The molecule has 126 valence electrons. The molecule has 1 aliphatic carbocycles. The minimum Gasteiger partial charge on any atom is -0.448 e. The Hall–Kier alpha value is -1.92. The van der Waals surface area contributed by atoms with Gasteiger partial charge in [0.25, 0.3) is 15.8 Å². The zero-order chi connectivity index (χ0) is 16.8. The molecule has 0 amide bonds. The van der Waals surface area contributed by atoms with Crippen LogP contribution in [0.3, 0.4) is 0 Å². The molecule has 1 fully saturated rings. The first kappa shape index (κ1) is 15.6. The van der Waals surface area contributed by atoms with Gasteiger partial charge in [-0.1, -0.05) is 17.7 Å². The molecule has 5 nitrogen and oxygen atoms in total. The van der Waals surface area contributed by atoms with Crippen LogP contribution in [0.1, 0.15) is 25.7 Å². The van der Waals surface area contributed by atoms with Crippen LogP contribution in [0, 0.1) is 0 Å². The fourth-order valence-corrected chi connectivity index (χ4v) is 4.47. The zero-order valence-electron chi connectivity index (χ0n) is 12.8. The largest absolute Gasteiger partial charge is 0.448 e. The van der Waals surface area contributed by atoms with Gasteiger partial charge in [0, 0.05) is 23.9 Å². The van der Waals surface area contributed by atoms with E-state index in [2.05, 4.69) is 4.72 Å². The molecule has 0 aromatic heterocycles. The standard InChI is InChI=1S/C17H16ClNO4S/c18-12-4-3-5-14(10-12)24(20,21)19-13-6-7-15-16(11-13)23-17(22-15)8-1-2-9-17/h3-7,10-11,19H,1-2,8-9H2. The van der Waals surface area contributed by atoms with Crippen molar-refractivity contribution in [2.75, 3.05) is 4.72 Å². The molecule has 1 aliphatic heterocycles. The molecule has 1 spiro atoms. The maximum absolute atomic E-state index is 12.5. The summed E-state index contributed by atoms with van der Waals surface area (Å²) in [5.41, 5.74) is 0.423. The van der Waals surface area contributed by atoms with Crippen molar-refractivity contribution in [3.63, 3.8) is 0 Å². The van der Waals surface area contributed by atoms with E-state index in [1.54, 1.807) is 30.3 Å². The highest BCUT2D eigenvalue weighted by Gasteiger charge is 2.44. The van der Waals surface area contributed by atoms with E-state index in [1.807, 2.05) is 0 Å². The average molecular weight is 366 g/mol.